The van der Waals surface area contributed by atoms with E-state index in [9.17, 15) is 9.18 Å². The zero-order valence-corrected chi connectivity index (χ0v) is 12.5. The molecule has 1 amide bonds. The van der Waals surface area contributed by atoms with E-state index in [1.807, 2.05) is 0 Å². The lowest BCUT2D eigenvalue weighted by atomic mass is 10.1. The Morgan fingerprint density at radius 3 is 3.00 bits per heavy atom. The molecule has 1 aliphatic rings. The van der Waals surface area contributed by atoms with E-state index < -0.39 is 0 Å². The van der Waals surface area contributed by atoms with Gasteiger partial charge >= 0.3 is 0 Å². The highest BCUT2D eigenvalue weighted by Crippen LogP contribution is 2.19. The van der Waals surface area contributed by atoms with Crippen molar-refractivity contribution < 1.29 is 9.18 Å². The Morgan fingerprint density at radius 2 is 2.37 bits per heavy atom. The molecule has 2 rings (SSSR count). The molecule has 5 heteroatoms. The minimum Gasteiger partial charge on any atom is -0.352 e. The Labute approximate surface area is 121 Å². The lowest BCUT2D eigenvalue weighted by Crippen LogP contribution is -2.31. The highest BCUT2D eigenvalue weighted by molar-refractivity contribution is 9.10. The number of hydrogen-bond donors (Lipinski definition) is 1. The summed E-state index contributed by atoms with van der Waals surface area (Å²) >= 11 is 3.21. The molecule has 19 heavy (non-hydrogen) atoms. The quantitative estimate of drug-likeness (QED) is 0.921. The fourth-order valence-electron chi connectivity index (χ4n) is 2.37. The molecule has 1 aliphatic heterocycles. The Bertz CT molecular complexity index is 467. The third-order valence-electron chi connectivity index (χ3n) is 3.54. The molecule has 1 atom stereocenters. The van der Waals surface area contributed by atoms with Crippen LogP contribution >= 0.6 is 15.9 Å². The van der Waals surface area contributed by atoms with E-state index in [-0.39, 0.29) is 11.7 Å². The molecule has 0 bridgehead atoms. The van der Waals surface area contributed by atoms with Crippen LogP contribution in [-0.4, -0.2) is 37.0 Å². The number of rotatable bonds is 4. The van der Waals surface area contributed by atoms with Gasteiger partial charge in [0.2, 0.25) is 0 Å². The standard InChI is InChI=1S/C14H18BrFN2O/c1-2-18-6-5-10(9-18)8-17-14(19)12-4-3-11(16)7-13(12)15/h3-4,7,10H,2,5-6,8-9H2,1H3,(H,17,19). The summed E-state index contributed by atoms with van der Waals surface area (Å²) in [7, 11) is 0. The number of hydrogen-bond acceptors (Lipinski definition) is 2. The van der Waals surface area contributed by atoms with Crippen molar-refractivity contribution in [2.75, 3.05) is 26.2 Å². The first kappa shape index (κ1) is 14.5. The van der Waals surface area contributed by atoms with E-state index in [0.29, 0.717) is 22.5 Å². The van der Waals surface area contributed by atoms with Crippen molar-refractivity contribution >= 4 is 21.8 Å². The van der Waals surface area contributed by atoms with Crippen molar-refractivity contribution in [1.82, 2.24) is 10.2 Å². The van der Waals surface area contributed by atoms with Crippen LogP contribution in [0.5, 0.6) is 0 Å². The van der Waals surface area contributed by atoms with Crippen LogP contribution in [-0.2, 0) is 0 Å². The fraction of sp³-hybridized carbons (Fsp3) is 0.500. The van der Waals surface area contributed by atoms with Gasteiger partial charge in [0.1, 0.15) is 5.82 Å². The highest BCUT2D eigenvalue weighted by atomic mass is 79.9. The number of nitrogens with zero attached hydrogens (tertiary/aromatic N) is 1. The van der Waals surface area contributed by atoms with E-state index in [1.165, 1.54) is 18.2 Å². The zero-order chi connectivity index (χ0) is 13.8. The third kappa shape index (κ3) is 3.76. The predicted octanol–water partition coefficient (Wildman–Crippen LogP) is 2.66. The first-order chi connectivity index (χ1) is 9.10. The van der Waals surface area contributed by atoms with E-state index in [1.54, 1.807) is 0 Å². The van der Waals surface area contributed by atoms with Gasteiger partial charge in [-0.2, -0.15) is 0 Å². The molecule has 0 aliphatic carbocycles. The van der Waals surface area contributed by atoms with Crippen LogP contribution in [0.3, 0.4) is 0 Å². The van der Waals surface area contributed by atoms with Gasteiger partial charge in [0.25, 0.3) is 5.91 Å². The van der Waals surface area contributed by atoms with Gasteiger partial charge in [-0.25, -0.2) is 4.39 Å². The van der Waals surface area contributed by atoms with Gasteiger partial charge in [0.15, 0.2) is 0 Å². The van der Waals surface area contributed by atoms with Crippen molar-refractivity contribution in [3.05, 3.63) is 34.1 Å². The molecule has 3 nitrogen and oxygen atoms in total. The molecule has 1 aromatic rings. The SMILES string of the molecule is CCN1CCC(CNC(=O)c2ccc(F)cc2Br)C1. The van der Waals surface area contributed by atoms with Gasteiger partial charge in [-0.1, -0.05) is 6.92 Å². The van der Waals surface area contributed by atoms with Crippen molar-refractivity contribution in [1.29, 1.82) is 0 Å². The van der Waals surface area contributed by atoms with Gasteiger partial charge in [-0.15, -0.1) is 0 Å². The lowest BCUT2D eigenvalue weighted by Gasteiger charge is -2.14. The van der Waals surface area contributed by atoms with Crippen LogP contribution in [0.2, 0.25) is 0 Å². The monoisotopic (exact) mass is 328 g/mol. The molecule has 0 saturated carbocycles. The van der Waals surface area contributed by atoms with E-state index in [2.05, 4.69) is 33.1 Å². The topological polar surface area (TPSA) is 32.3 Å². The van der Waals surface area contributed by atoms with E-state index in [4.69, 9.17) is 0 Å². The normalized spacial score (nSPS) is 19.6. The average molecular weight is 329 g/mol. The van der Waals surface area contributed by atoms with E-state index in [0.717, 1.165) is 26.1 Å². The first-order valence-electron chi connectivity index (χ1n) is 6.55. The third-order valence-corrected chi connectivity index (χ3v) is 4.20. The molecule has 0 radical (unpaired) electrons. The fourth-order valence-corrected chi connectivity index (χ4v) is 2.90. The van der Waals surface area contributed by atoms with Crippen LogP contribution < -0.4 is 5.32 Å². The molecule has 1 aromatic carbocycles. The molecule has 1 heterocycles. The van der Waals surface area contributed by atoms with Gasteiger partial charge in [0.05, 0.1) is 5.56 Å². The number of carbonyl (C=O) groups is 1. The first-order valence-corrected chi connectivity index (χ1v) is 7.35. The van der Waals surface area contributed by atoms with Crippen LogP contribution in [0.1, 0.15) is 23.7 Å². The zero-order valence-electron chi connectivity index (χ0n) is 11.0. The van der Waals surface area contributed by atoms with Gasteiger partial charge in [-0.3, -0.25) is 4.79 Å². The minimum absolute atomic E-state index is 0.151. The largest absolute Gasteiger partial charge is 0.352 e. The summed E-state index contributed by atoms with van der Waals surface area (Å²) in [6, 6.07) is 4.11. The van der Waals surface area contributed by atoms with Crippen molar-refractivity contribution in [3.63, 3.8) is 0 Å². The van der Waals surface area contributed by atoms with Crippen molar-refractivity contribution in [2.24, 2.45) is 5.92 Å². The number of amides is 1. The van der Waals surface area contributed by atoms with E-state index >= 15 is 0 Å². The summed E-state index contributed by atoms with van der Waals surface area (Å²) in [4.78, 5) is 14.4. The molecule has 1 fully saturated rings. The summed E-state index contributed by atoms with van der Waals surface area (Å²) in [6.45, 7) is 6.04. The second-order valence-corrected chi connectivity index (χ2v) is 5.74. The predicted molar refractivity (Wildman–Crippen MR) is 76.7 cm³/mol. The summed E-state index contributed by atoms with van der Waals surface area (Å²) in [5.74, 6) is 0.0164. The Morgan fingerprint density at radius 1 is 1.58 bits per heavy atom. The molecule has 1 saturated heterocycles. The van der Waals surface area contributed by atoms with Crippen LogP contribution in [0.4, 0.5) is 4.39 Å². The maximum absolute atomic E-state index is 13.0. The number of nitrogens with one attached hydrogen (secondary N) is 1. The Balaban J connectivity index is 1.88. The number of likely N-dealkylation sites (tertiary alicyclic amines) is 1. The summed E-state index contributed by atoms with van der Waals surface area (Å²) in [5, 5.41) is 2.93. The number of benzene rings is 1. The Kier molecular flexibility index (Phi) is 4.93. The molecule has 1 N–H and O–H groups in total. The molecular formula is C14H18BrFN2O. The van der Waals surface area contributed by atoms with Crippen LogP contribution in [0.25, 0.3) is 0 Å². The minimum atomic E-state index is -0.349. The van der Waals surface area contributed by atoms with Crippen LogP contribution in [0, 0.1) is 11.7 Å². The average Bonchev–Trinajstić information content (AvgIpc) is 2.84. The van der Waals surface area contributed by atoms with Crippen molar-refractivity contribution in [3.8, 4) is 0 Å². The second kappa shape index (κ2) is 6.48. The second-order valence-electron chi connectivity index (χ2n) is 4.88. The number of halogens is 2. The van der Waals surface area contributed by atoms with Crippen LogP contribution in [0.15, 0.2) is 22.7 Å². The Hall–Kier alpha value is -0.940. The summed E-state index contributed by atoms with van der Waals surface area (Å²) in [6.07, 6.45) is 1.12. The van der Waals surface area contributed by atoms with Gasteiger partial charge < -0.3 is 10.2 Å². The lowest BCUT2D eigenvalue weighted by molar-refractivity contribution is 0.0946. The van der Waals surface area contributed by atoms with Gasteiger partial charge in [-0.05, 0) is 59.6 Å². The number of carbonyl (C=O) groups excluding carboxylic acids is 1. The maximum atomic E-state index is 13.0. The molecule has 0 aromatic heterocycles. The molecule has 1 unspecified atom stereocenters. The highest BCUT2D eigenvalue weighted by Gasteiger charge is 2.21. The molecule has 104 valence electrons. The molecular weight excluding hydrogens is 311 g/mol. The summed E-state index contributed by atoms with van der Waals surface area (Å²) < 4.78 is 13.4. The van der Waals surface area contributed by atoms with Crippen molar-refractivity contribution in [2.45, 2.75) is 13.3 Å². The smallest absolute Gasteiger partial charge is 0.252 e. The molecule has 0 spiro atoms. The van der Waals surface area contributed by atoms with Gasteiger partial charge in [0, 0.05) is 17.6 Å². The maximum Gasteiger partial charge on any atom is 0.252 e. The summed E-state index contributed by atoms with van der Waals surface area (Å²) in [5.41, 5.74) is 0.478.